The maximum absolute atomic E-state index is 13.0. The fourth-order valence-corrected chi connectivity index (χ4v) is 4.01. The van der Waals surface area contributed by atoms with Crippen molar-refractivity contribution in [2.45, 2.75) is 45.6 Å². The number of carbonyl (C=O) groups excluding carboxylic acids is 2. The van der Waals surface area contributed by atoms with Crippen molar-refractivity contribution < 1.29 is 9.59 Å². The number of rotatable bonds is 3. The zero-order chi connectivity index (χ0) is 19.0. The van der Waals surface area contributed by atoms with Gasteiger partial charge in [-0.1, -0.05) is 6.42 Å². The summed E-state index contributed by atoms with van der Waals surface area (Å²) in [5, 5.41) is 0. The Morgan fingerprint density at radius 1 is 1.04 bits per heavy atom. The van der Waals surface area contributed by atoms with Crippen molar-refractivity contribution in [2.24, 2.45) is 5.92 Å². The molecule has 0 radical (unpaired) electrons. The second-order valence-corrected chi connectivity index (χ2v) is 8.05. The zero-order valence-corrected chi connectivity index (χ0v) is 16.2. The highest BCUT2D eigenvalue weighted by atomic mass is 16.2. The first-order valence-electron chi connectivity index (χ1n) is 10.1. The van der Waals surface area contributed by atoms with Gasteiger partial charge >= 0.3 is 0 Å². The number of imidazole rings is 1. The quantitative estimate of drug-likeness (QED) is 0.836. The van der Waals surface area contributed by atoms with E-state index in [1.54, 1.807) is 0 Å². The van der Waals surface area contributed by atoms with Gasteiger partial charge in [-0.15, -0.1) is 0 Å². The largest absolute Gasteiger partial charge is 0.341 e. The van der Waals surface area contributed by atoms with E-state index in [0.29, 0.717) is 31.2 Å². The lowest BCUT2D eigenvalue weighted by atomic mass is 9.84. The Morgan fingerprint density at radius 2 is 1.78 bits per heavy atom. The standard InChI is InChI=1S/C21H28N4O2/c1-15(2)25-14-22-18-13-17(7-8-19(18)25)21(27)24-10-4-9-23(11-12-24)20(26)16-5-3-6-16/h7-8,13-16H,3-6,9-12H2,1-2H3. The molecule has 4 rings (SSSR count). The number of hydrogen-bond donors (Lipinski definition) is 0. The van der Waals surface area contributed by atoms with Crippen molar-refractivity contribution in [2.75, 3.05) is 26.2 Å². The topological polar surface area (TPSA) is 58.4 Å². The molecule has 1 aliphatic carbocycles. The zero-order valence-electron chi connectivity index (χ0n) is 16.2. The van der Waals surface area contributed by atoms with E-state index in [1.807, 2.05) is 34.3 Å². The van der Waals surface area contributed by atoms with Gasteiger partial charge in [0.05, 0.1) is 17.4 Å². The van der Waals surface area contributed by atoms with Crippen LogP contribution in [0.15, 0.2) is 24.5 Å². The fraction of sp³-hybridized carbons (Fsp3) is 0.571. The van der Waals surface area contributed by atoms with Crippen LogP contribution in [0.25, 0.3) is 11.0 Å². The van der Waals surface area contributed by atoms with Crippen LogP contribution in [-0.4, -0.2) is 57.3 Å². The van der Waals surface area contributed by atoms with E-state index in [0.717, 1.165) is 36.8 Å². The lowest BCUT2D eigenvalue weighted by molar-refractivity contribution is -0.138. The number of carbonyl (C=O) groups is 2. The molecule has 0 unspecified atom stereocenters. The molecule has 2 aromatic rings. The van der Waals surface area contributed by atoms with Gasteiger partial charge in [0.25, 0.3) is 5.91 Å². The minimum absolute atomic E-state index is 0.0361. The summed E-state index contributed by atoms with van der Waals surface area (Å²) < 4.78 is 2.11. The molecule has 1 aliphatic heterocycles. The Balaban J connectivity index is 1.46. The van der Waals surface area contributed by atoms with Gasteiger partial charge < -0.3 is 14.4 Å². The Morgan fingerprint density at radius 3 is 2.48 bits per heavy atom. The molecule has 0 atom stereocenters. The van der Waals surface area contributed by atoms with E-state index in [-0.39, 0.29) is 17.7 Å². The second-order valence-electron chi connectivity index (χ2n) is 8.05. The molecule has 1 aromatic heterocycles. The number of aromatic nitrogens is 2. The van der Waals surface area contributed by atoms with Gasteiger partial charge in [-0.3, -0.25) is 9.59 Å². The van der Waals surface area contributed by atoms with Gasteiger partial charge in [-0.25, -0.2) is 4.98 Å². The summed E-state index contributed by atoms with van der Waals surface area (Å²) in [5.74, 6) is 0.552. The summed E-state index contributed by atoms with van der Waals surface area (Å²) in [5.41, 5.74) is 2.58. The highest BCUT2D eigenvalue weighted by molar-refractivity contribution is 5.97. The normalized spacial score (nSPS) is 18.6. The third kappa shape index (κ3) is 3.45. The molecular formula is C21H28N4O2. The summed E-state index contributed by atoms with van der Waals surface area (Å²) in [4.78, 5) is 33.8. The molecule has 1 saturated carbocycles. The van der Waals surface area contributed by atoms with Crippen molar-refractivity contribution >= 4 is 22.8 Å². The number of hydrogen-bond acceptors (Lipinski definition) is 3. The van der Waals surface area contributed by atoms with Crippen molar-refractivity contribution in [3.8, 4) is 0 Å². The van der Waals surface area contributed by atoms with Crippen molar-refractivity contribution in [3.05, 3.63) is 30.1 Å². The minimum atomic E-state index is 0.0361. The second kappa shape index (κ2) is 7.33. The lowest BCUT2D eigenvalue weighted by Gasteiger charge is -2.31. The summed E-state index contributed by atoms with van der Waals surface area (Å²) in [6, 6.07) is 6.10. The first kappa shape index (κ1) is 18.0. The molecule has 2 fully saturated rings. The van der Waals surface area contributed by atoms with E-state index in [9.17, 15) is 9.59 Å². The fourth-order valence-electron chi connectivity index (χ4n) is 4.01. The minimum Gasteiger partial charge on any atom is -0.341 e. The van der Waals surface area contributed by atoms with Crippen molar-refractivity contribution in [1.29, 1.82) is 0 Å². The Hall–Kier alpha value is -2.37. The average Bonchev–Trinajstić information content (AvgIpc) is 2.88. The van der Waals surface area contributed by atoms with E-state index < -0.39 is 0 Å². The van der Waals surface area contributed by atoms with Crippen LogP contribution in [0.1, 0.15) is 55.9 Å². The van der Waals surface area contributed by atoms with Crippen molar-refractivity contribution in [3.63, 3.8) is 0 Å². The molecular weight excluding hydrogens is 340 g/mol. The van der Waals surface area contributed by atoms with Crippen molar-refractivity contribution in [1.82, 2.24) is 19.4 Å². The molecule has 2 aliphatic rings. The van der Waals surface area contributed by atoms with E-state index >= 15 is 0 Å². The van der Waals surface area contributed by atoms with Crippen LogP contribution >= 0.6 is 0 Å². The molecule has 1 aromatic carbocycles. The van der Waals surface area contributed by atoms with Gasteiger partial charge in [-0.05, 0) is 51.3 Å². The molecule has 2 heterocycles. The Labute approximate surface area is 160 Å². The third-order valence-electron chi connectivity index (χ3n) is 5.93. The SMILES string of the molecule is CC(C)n1cnc2cc(C(=O)N3CCCN(C(=O)C4CCC4)CC3)ccc21. The molecule has 0 N–H and O–H groups in total. The van der Waals surface area contributed by atoms with E-state index in [2.05, 4.69) is 23.4 Å². The van der Waals surface area contributed by atoms with Gasteiger partial charge in [0.2, 0.25) is 5.91 Å². The van der Waals surface area contributed by atoms with E-state index in [4.69, 9.17) is 0 Å². The molecule has 144 valence electrons. The maximum Gasteiger partial charge on any atom is 0.253 e. The van der Waals surface area contributed by atoms with Gasteiger partial charge in [-0.2, -0.15) is 0 Å². The monoisotopic (exact) mass is 368 g/mol. The Bertz CT molecular complexity index is 853. The molecule has 6 nitrogen and oxygen atoms in total. The summed E-state index contributed by atoms with van der Waals surface area (Å²) in [7, 11) is 0. The van der Waals surface area contributed by atoms with Crippen LogP contribution in [0.2, 0.25) is 0 Å². The van der Waals surface area contributed by atoms with Gasteiger partial charge in [0.1, 0.15) is 0 Å². The van der Waals surface area contributed by atoms with Crippen LogP contribution in [0.4, 0.5) is 0 Å². The number of amides is 2. The highest BCUT2D eigenvalue weighted by Crippen LogP contribution is 2.28. The van der Waals surface area contributed by atoms with E-state index in [1.165, 1.54) is 6.42 Å². The predicted molar refractivity (Wildman–Crippen MR) is 105 cm³/mol. The molecule has 1 saturated heterocycles. The molecule has 6 heteroatoms. The van der Waals surface area contributed by atoms with Crippen LogP contribution in [0.5, 0.6) is 0 Å². The smallest absolute Gasteiger partial charge is 0.253 e. The number of nitrogens with zero attached hydrogens (tertiary/aromatic N) is 4. The van der Waals surface area contributed by atoms with Gasteiger partial charge in [0.15, 0.2) is 0 Å². The number of benzene rings is 1. The highest BCUT2D eigenvalue weighted by Gasteiger charge is 2.31. The Kier molecular flexibility index (Phi) is 4.89. The summed E-state index contributed by atoms with van der Waals surface area (Å²) in [6.07, 6.45) is 5.90. The molecule has 0 bridgehead atoms. The van der Waals surface area contributed by atoms with Crippen LogP contribution in [-0.2, 0) is 4.79 Å². The van der Waals surface area contributed by atoms with Crippen LogP contribution < -0.4 is 0 Å². The predicted octanol–water partition coefficient (Wildman–Crippen LogP) is 3.09. The molecule has 2 amide bonds. The first-order chi connectivity index (χ1) is 13.0. The number of fused-ring (bicyclic) bond motifs is 1. The maximum atomic E-state index is 13.0. The average molecular weight is 368 g/mol. The molecule has 27 heavy (non-hydrogen) atoms. The van der Waals surface area contributed by atoms with Crippen LogP contribution in [0, 0.1) is 5.92 Å². The van der Waals surface area contributed by atoms with Gasteiger partial charge in [0, 0.05) is 43.7 Å². The lowest BCUT2D eigenvalue weighted by Crippen LogP contribution is -2.41. The van der Waals surface area contributed by atoms with Crippen LogP contribution in [0.3, 0.4) is 0 Å². The first-order valence-corrected chi connectivity index (χ1v) is 10.1. The summed E-state index contributed by atoms with van der Waals surface area (Å²) >= 11 is 0. The summed E-state index contributed by atoms with van der Waals surface area (Å²) in [6.45, 7) is 6.95. The molecule has 0 spiro atoms. The third-order valence-corrected chi connectivity index (χ3v) is 5.93.